The number of piperidine rings is 1. The van der Waals surface area contributed by atoms with Gasteiger partial charge in [-0.25, -0.2) is 0 Å². The molecule has 1 saturated heterocycles. The minimum atomic E-state index is -0.0624. The van der Waals surface area contributed by atoms with Crippen LogP contribution in [0.4, 0.5) is 0 Å². The second-order valence-electron chi connectivity index (χ2n) is 7.20. The molecule has 1 atom stereocenters. The lowest BCUT2D eigenvalue weighted by Gasteiger charge is -2.42. The summed E-state index contributed by atoms with van der Waals surface area (Å²) >= 11 is 0. The number of furan rings is 1. The number of carbonyl (C=O) groups is 1. The van der Waals surface area contributed by atoms with E-state index >= 15 is 0 Å². The van der Waals surface area contributed by atoms with Crippen LogP contribution in [0.3, 0.4) is 0 Å². The van der Waals surface area contributed by atoms with Gasteiger partial charge in [-0.3, -0.25) is 4.79 Å². The van der Waals surface area contributed by atoms with Gasteiger partial charge < -0.3 is 15.1 Å². The molecule has 4 nitrogen and oxygen atoms in total. The number of hydrogen-bond donors (Lipinski definition) is 1. The fraction of sp³-hybridized carbons (Fsp3) is 0.500. The van der Waals surface area contributed by atoms with Crippen LogP contribution in [-0.4, -0.2) is 29.9 Å². The van der Waals surface area contributed by atoms with Gasteiger partial charge in [-0.2, -0.15) is 0 Å². The average Bonchev–Trinajstić information content (AvgIpc) is 2.84. The van der Waals surface area contributed by atoms with Gasteiger partial charge in [-0.15, -0.1) is 12.4 Å². The average molecular weight is 337 g/mol. The van der Waals surface area contributed by atoms with Gasteiger partial charge in [0, 0.05) is 24.5 Å². The summed E-state index contributed by atoms with van der Waals surface area (Å²) in [4.78, 5) is 14.6. The number of hydrogen-bond acceptors (Lipinski definition) is 3. The predicted octanol–water partition coefficient (Wildman–Crippen LogP) is 3.67. The molecule has 5 heteroatoms. The molecular weight excluding hydrogens is 312 g/mol. The van der Waals surface area contributed by atoms with Crippen molar-refractivity contribution in [1.82, 2.24) is 4.90 Å². The van der Waals surface area contributed by atoms with Crippen LogP contribution in [0.1, 0.15) is 41.9 Å². The maximum absolute atomic E-state index is 12.7. The van der Waals surface area contributed by atoms with Gasteiger partial charge in [0.25, 0.3) is 5.91 Å². The van der Waals surface area contributed by atoms with Crippen LogP contribution < -0.4 is 5.73 Å². The molecule has 1 aliphatic rings. The van der Waals surface area contributed by atoms with Crippen molar-refractivity contribution in [2.75, 3.05) is 13.1 Å². The van der Waals surface area contributed by atoms with Gasteiger partial charge >= 0.3 is 0 Å². The standard InChI is InChI=1S/C18H24N2O2.ClH/c1-11-7-13-9-15(22-14(13)8-12(11)2)17(21)20-6-5-16(19)18(3,4)10-20;/h7-9,16H,5-6,10,19H2,1-4H3;1H. The number of benzene rings is 1. The number of amides is 1. The number of halogens is 1. The molecule has 2 heterocycles. The third-order valence-electron chi connectivity index (χ3n) is 4.94. The molecule has 3 rings (SSSR count). The highest BCUT2D eigenvalue weighted by Crippen LogP contribution is 2.30. The van der Waals surface area contributed by atoms with Crippen LogP contribution in [0.5, 0.6) is 0 Å². The molecule has 126 valence electrons. The molecule has 2 N–H and O–H groups in total. The number of nitrogens with two attached hydrogens (primary N) is 1. The minimum absolute atomic E-state index is 0. The maximum atomic E-state index is 12.7. The Kier molecular flexibility index (Phi) is 4.79. The van der Waals surface area contributed by atoms with Crippen LogP contribution in [0.15, 0.2) is 22.6 Å². The molecule has 0 saturated carbocycles. The van der Waals surface area contributed by atoms with Crippen molar-refractivity contribution in [1.29, 1.82) is 0 Å². The van der Waals surface area contributed by atoms with E-state index in [4.69, 9.17) is 10.2 Å². The zero-order valence-corrected chi connectivity index (χ0v) is 15.0. The molecule has 0 spiro atoms. The van der Waals surface area contributed by atoms with Crippen molar-refractivity contribution in [3.05, 3.63) is 35.1 Å². The Balaban J connectivity index is 0.00000192. The van der Waals surface area contributed by atoms with E-state index in [9.17, 15) is 4.79 Å². The smallest absolute Gasteiger partial charge is 0.289 e. The van der Waals surface area contributed by atoms with Gasteiger partial charge in [0.2, 0.25) is 0 Å². The Morgan fingerprint density at radius 3 is 2.57 bits per heavy atom. The summed E-state index contributed by atoms with van der Waals surface area (Å²) in [5.41, 5.74) is 9.24. The third kappa shape index (κ3) is 3.24. The Labute approximate surface area is 143 Å². The van der Waals surface area contributed by atoms with E-state index in [0.717, 1.165) is 17.4 Å². The van der Waals surface area contributed by atoms with Crippen LogP contribution in [-0.2, 0) is 0 Å². The zero-order chi connectivity index (χ0) is 16.1. The number of carbonyl (C=O) groups excluding carboxylic acids is 1. The summed E-state index contributed by atoms with van der Waals surface area (Å²) in [6.45, 7) is 9.71. The number of aryl methyl sites for hydroxylation is 2. The molecule has 0 radical (unpaired) electrons. The number of likely N-dealkylation sites (tertiary alicyclic amines) is 1. The highest BCUT2D eigenvalue weighted by atomic mass is 35.5. The van der Waals surface area contributed by atoms with Gasteiger partial charge in [-0.05, 0) is 55.0 Å². The first-order valence-electron chi connectivity index (χ1n) is 7.83. The van der Waals surface area contributed by atoms with Gasteiger partial charge in [-0.1, -0.05) is 13.8 Å². The summed E-state index contributed by atoms with van der Waals surface area (Å²) in [6.07, 6.45) is 0.831. The summed E-state index contributed by atoms with van der Waals surface area (Å²) in [5, 5.41) is 0.986. The first-order valence-corrected chi connectivity index (χ1v) is 7.83. The van der Waals surface area contributed by atoms with E-state index in [2.05, 4.69) is 26.8 Å². The van der Waals surface area contributed by atoms with Crippen molar-refractivity contribution in [2.24, 2.45) is 11.1 Å². The van der Waals surface area contributed by atoms with Crippen molar-refractivity contribution < 1.29 is 9.21 Å². The summed E-state index contributed by atoms with van der Waals surface area (Å²) < 4.78 is 5.79. The SMILES string of the molecule is Cc1cc2cc(C(=O)N3CCC(N)C(C)(C)C3)oc2cc1C.Cl. The maximum Gasteiger partial charge on any atom is 0.289 e. The fourth-order valence-electron chi connectivity index (χ4n) is 3.11. The highest BCUT2D eigenvalue weighted by molar-refractivity contribution is 5.96. The van der Waals surface area contributed by atoms with Crippen LogP contribution >= 0.6 is 12.4 Å². The summed E-state index contributed by atoms with van der Waals surface area (Å²) in [5.74, 6) is 0.387. The van der Waals surface area contributed by atoms with Gasteiger partial charge in [0.15, 0.2) is 5.76 Å². The molecule has 1 unspecified atom stereocenters. The molecular formula is C18H25ClN2O2. The van der Waals surface area contributed by atoms with Crippen molar-refractivity contribution in [3.8, 4) is 0 Å². The van der Waals surface area contributed by atoms with E-state index in [0.29, 0.717) is 18.8 Å². The van der Waals surface area contributed by atoms with E-state index in [1.165, 1.54) is 11.1 Å². The number of nitrogens with zero attached hydrogens (tertiary/aromatic N) is 1. The quantitative estimate of drug-likeness (QED) is 0.864. The number of fused-ring (bicyclic) bond motifs is 1. The lowest BCUT2D eigenvalue weighted by atomic mass is 9.79. The minimum Gasteiger partial charge on any atom is -0.451 e. The largest absolute Gasteiger partial charge is 0.451 e. The molecule has 0 bridgehead atoms. The van der Waals surface area contributed by atoms with Gasteiger partial charge in [0.05, 0.1) is 0 Å². The van der Waals surface area contributed by atoms with Crippen molar-refractivity contribution in [3.63, 3.8) is 0 Å². The molecule has 1 fully saturated rings. The molecule has 1 aromatic carbocycles. The Morgan fingerprint density at radius 2 is 1.91 bits per heavy atom. The van der Waals surface area contributed by atoms with Crippen molar-refractivity contribution >= 4 is 29.3 Å². The predicted molar refractivity (Wildman–Crippen MR) is 95.2 cm³/mol. The molecule has 23 heavy (non-hydrogen) atoms. The monoisotopic (exact) mass is 336 g/mol. The topological polar surface area (TPSA) is 59.5 Å². The Hall–Kier alpha value is -1.52. The fourth-order valence-corrected chi connectivity index (χ4v) is 3.11. The summed E-state index contributed by atoms with van der Waals surface area (Å²) in [7, 11) is 0. The third-order valence-corrected chi connectivity index (χ3v) is 4.94. The molecule has 2 aromatic rings. The lowest BCUT2D eigenvalue weighted by molar-refractivity contribution is 0.0505. The Bertz CT molecular complexity index is 697. The van der Waals surface area contributed by atoms with Crippen LogP contribution in [0, 0.1) is 19.3 Å². The normalized spacial score (nSPS) is 20.4. The number of rotatable bonds is 1. The molecule has 1 amide bonds. The van der Waals surface area contributed by atoms with Crippen LogP contribution in [0.2, 0.25) is 0 Å². The Morgan fingerprint density at radius 1 is 1.26 bits per heavy atom. The van der Waals surface area contributed by atoms with E-state index in [1.54, 1.807) is 0 Å². The molecule has 0 aliphatic carbocycles. The zero-order valence-electron chi connectivity index (χ0n) is 14.2. The van der Waals surface area contributed by atoms with E-state index < -0.39 is 0 Å². The summed E-state index contributed by atoms with van der Waals surface area (Å²) in [6, 6.07) is 6.06. The highest BCUT2D eigenvalue weighted by Gasteiger charge is 2.36. The van der Waals surface area contributed by atoms with Crippen molar-refractivity contribution in [2.45, 2.75) is 40.2 Å². The van der Waals surface area contributed by atoms with Crippen LogP contribution in [0.25, 0.3) is 11.0 Å². The first kappa shape index (κ1) is 17.8. The second-order valence-corrected chi connectivity index (χ2v) is 7.20. The first-order chi connectivity index (χ1) is 10.3. The van der Waals surface area contributed by atoms with E-state index in [1.807, 2.05) is 24.0 Å². The lowest BCUT2D eigenvalue weighted by Crippen LogP contribution is -2.53. The van der Waals surface area contributed by atoms with E-state index in [-0.39, 0.29) is 29.8 Å². The molecule has 1 aliphatic heterocycles. The molecule has 1 aromatic heterocycles. The second kappa shape index (κ2) is 6.17. The van der Waals surface area contributed by atoms with Gasteiger partial charge in [0.1, 0.15) is 5.58 Å².